The van der Waals surface area contributed by atoms with Crippen LogP contribution in [0.25, 0.3) is 0 Å². The van der Waals surface area contributed by atoms with Gasteiger partial charge >= 0.3 is 5.97 Å². The first-order valence-corrected chi connectivity index (χ1v) is 6.84. The van der Waals surface area contributed by atoms with Crippen molar-refractivity contribution in [3.8, 4) is 0 Å². The maximum Gasteiger partial charge on any atom is 0.335 e. The highest BCUT2D eigenvalue weighted by atomic mass is 79.9. The lowest BCUT2D eigenvalue weighted by atomic mass is 10.2. The zero-order chi connectivity index (χ0) is 13.1. The highest BCUT2D eigenvalue weighted by Crippen LogP contribution is 2.21. The van der Waals surface area contributed by atoms with Crippen molar-refractivity contribution in [3.05, 3.63) is 44.3 Å². The monoisotopic (exact) mass is 326 g/mol. The summed E-state index contributed by atoms with van der Waals surface area (Å²) in [5.41, 5.74) is 1.01. The number of hydrogen-bond acceptors (Lipinski definition) is 4. The van der Waals surface area contributed by atoms with E-state index in [1.165, 1.54) is 0 Å². The summed E-state index contributed by atoms with van der Waals surface area (Å²) in [5, 5.41) is 13.1. The van der Waals surface area contributed by atoms with Gasteiger partial charge < -0.3 is 10.4 Å². The molecule has 2 aromatic rings. The molecule has 0 saturated heterocycles. The fourth-order valence-electron chi connectivity index (χ4n) is 1.48. The Kier molecular flexibility index (Phi) is 3.98. The molecule has 2 rings (SSSR count). The number of aryl methyl sites for hydroxylation is 1. The van der Waals surface area contributed by atoms with Crippen LogP contribution in [0, 0.1) is 6.92 Å². The van der Waals surface area contributed by atoms with Crippen LogP contribution in [-0.4, -0.2) is 16.1 Å². The normalized spacial score (nSPS) is 10.3. The number of rotatable bonds is 4. The summed E-state index contributed by atoms with van der Waals surface area (Å²) in [6.07, 6.45) is 1.82. The molecule has 0 atom stereocenters. The summed E-state index contributed by atoms with van der Waals surface area (Å²) < 4.78 is 0.736. The molecule has 18 heavy (non-hydrogen) atoms. The Balaban J connectivity index is 2.11. The number of nitrogens with one attached hydrogen (secondary N) is 1. The molecule has 2 N–H and O–H groups in total. The van der Waals surface area contributed by atoms with Gasteiger partial charge in [0.15, 0.2) is 0 Å². The second-order valence-electron chi connectivity index (χ2n) is 3.75. The van der Waals surface area contributed by atoms with E-state index in [-0.39, 0.29) is 5.56 Å². The number of nitrogens with zero attached hydrogens (tertiary/aromatic N) is 1. The first kappa shape index (κ1) is 13.0. The number of benzene rings is 1. The fraction of sp³-hybridized carbons (Fsp3) is 0.167. The third-order valence-electron chi connectivity index (χ3n) is 2.26. The minimum Gasteiger partial charge on any atom is -0.478 e. The van der Waals surface area contributed by atoms with Gasteiger partial charge in [0.05, 0.1) is 12.1 Å². The number of hydrogen-bond donors (Lipinski definition) is 2. The maximum absolute atomic E-state index is 10.9. The van der Waals surface area contributed by atoms with Crippen molar-refractivity contribution in [2.24, 2.45) is 0 Å². The molecule has 1 aromatic heterocycles. The van der Waals surface area contributed by atoms with Crippen LogP contribution in [0.1, 0.15) is 20.2 Å². The van der Waals surface area contributed by atoms with Crippen LogP contribution >= 0.6 is 27.3 Å². The molecule has 0 saturated carbocycles. The number of anilines is 1. The smallest absolute Gasteiger partial charge is 0.335 e. The van der Waals surface area contributed by atoms with Crippen molar-refractivity contribution in [2.75, 3.05) is 5.32 Å². The van der Waals surface area contributed by atoms with E-state index in [1.54, 1.807) is 23.5 Å². The molecule has 4 nitrogen and oxygen atoms in total. The van der Waals surface area contributed by atoms with E-state index < -0.39 is 5.97 Å². The zero-order valence-electron chi connectivity index (χ0n) is 9.61. The van der Waals surface area contributed by atoms with Gasteiger partial charge in [-0.2, -0.15) is 0 Å². The zero-order valence-corrected chi connectivity index (χ0v) is 12.0. The van der Waals surface area contributed by atoms with E-state index in [0.717, 1.165) is 20.0 Å². The molecule has 0 radical (unpaired) electrons. The summed E-state index contributed by atoms with van der Waals surface area (Å²) >= 11 is 4.92. The van der Waals surface area contributed by atoms with Gasteiger partial charge in [-0.15, -0.1) is 11.3 Å². The average Bonchev–Trinajstić information content (AvgIpc) is 2.72. The van der Waals surface area contributed by atoms with E-state index >= 15 is 0 Å². The standard InChI is InChI=1S/C12H11BrN2O2S/c1-7-5-15-11(18-7)6-14-10-3-8(12(16)17)2-9(13)4-10/h2-5,14H,6H2,1H3,(H,16,17). The summed E-state index contributed by atoms with van der Waals surface area (Å²) in [6, 6.07) is 5.02. The predicted molar refractivity (Wildman–Crippen MR) is 75.3 cm³/mol. The molecular weight excluding hydrogens is 316 g/mol. The first-order chi connectivity index (χ1) is 8.54. The first-order valence-electron chi connectivity index (χ1n) is 5.23. The Bertz CT molecular complexity index is 583. The minimum atomic E-state index is -0.940. The predicted octanol–water partition coefficient (Wildman–Crippen LogP) is 3.52. The molecule has 1 aromatic carbocycles. The van der Waals surface area contributed by atoms with Crippen molar-refractivity contribution >= 4 is 38.9 Å². The number of halogens is 1. The molecule has 1 heterocycles. The van der Waals surface area contributed by atoms with Gasteiger partial charge in [-0.1, -0.05) is 15.9 Å². The van der Waals surface area contributed by atoms with Crippen molar-refractivity contribution < 1.29 is 9.90 Å². The third-order valence-corrected chi connectivity index (χ3v) is 3.63. The molecule has 94 valence electrons. The molecule has 0 spiro atoms. The van der Waals surface area contributed by atoms with Crippen molar-refractivity contribution in [1.82, 2.24) is 4.98 Å². The number of carboxylic acids is 1. The molecule has 6 heteroatoms. The maximum atomic E-state index is 10.9. The summed E-state index contributed by atoms with van der Waals surface area (Å²) in [4.78, 5) is 16.3. The molecule has 0 aliphatic rings. The second kappa shape index (κ2) is 5.49. The molecule has 0 fully saturated rings. The highest BCUT2D eigenvalue weighted by Gasteiger charge is 2.06. The molecule has 0 aliphatic carbocycles. The highest BCUT2D eigenvalue weighted by molar-refractivity contribution is 9.10. The summed E-state index contributed by atoms with van der Waals surface area (Å²) in [7, 11) is 0. The average molecular weight is 327 g/mol. The van der Waals surface area contributed by atoms with Crippen LogP contribution in [0.3, 0.4) is 0 Å². The van der Waals surface area contributed by atoms with Crippen LogP contribution in [0.15, 0.2) is 28.9 Å². The fourth-order valence-corrected chi connectivity index (χ4v) is 2.70. The largest absolute Gasteiger partial charge is 0.478 e. The van der Waals surface area contributed by atoms with E-state index in [0.29, 0.717) is 6.54 Å². The van der Waals surface area contributed by atoms with Crippen molar-refractivity contribution in [2.45, 2.75) is 13.5 Å². The third kappa shape index (κ3) is 3.30. The molecule has 0 amide bonds. The Labute approximate surface area is 117 Å². The topological polar surface area (TPSA) is 62.2 Å². The number of aromatic nitrogens is 1. The SMILES string of the molecule is Cc1cnc(CNc2cc(Br)cc(C(=O)O)c2)s1. The molecule has 0 unspecified atom stereocenters. The van der Waals surface area contributed by atoms with E-state index in [2.05, 4.69) is 26.2 Å². The Morgan fingerprint density at radius 2 is 2.28 bits per heavy atom. The van der Waals surface area contributed by atoms with E-state index in [1.807, 2.05) is 19.2 Å². The van der Waals surface area contributed by atoms with Gasteiger partial charge in [-0.3, -0.25) is 0 Å². The van der Waals surface area contributed by atoms with Gasteiger partial charge in [0, 0.05) is 21.2 Å². The van der Waals surface area contributed by atoms with Crippen LogP contribution in [0.4, 0.5) is 5.69 Å². The lowest BCUT2D eigenvalue weighted by Crippen LogP contribution is -2.02. The van der Waals surface area contributed by atoms with Crippen LogP contribution in [-0.2, 0) is 6.54 Å². The van der Waals surface area contributed by atoms with Gasteiger partial charge in [0.1, 0.15) is 5.01 Å². The Morgan fingerprint density at radius 1 is 1.50 bits per heavy atom. The lowest BCUT2D eigenvalue weighted by Gasteiger charge is -2.06. The van der Waals surface area contributed by atoms with Gasteiger partial charge in [0.25, 0.3) is 0 Å². The van der Waals surface area contributed by atoms with Crippen LogP contribution in [0.5, 0.6) is 0 Å². The van der Waals surface area contributed by atoms with Crippen molar-refractivity contribution in [3.63, 3.8) is 0 Å². The second-order valence-corrected chi connectivity index (χ2v) is 5.99. The summed E-state index contributed by atoms with van der Waals surface area (Å²) in [5.74, 6) is -0.940. The van der Waals surface area contributed by atoms with E-state index in [4.69, 9.17) is 5.11 Å². The van der Waals surface area contributed by atoms with Gasteiger partial charge in [-0.25, -0.2) is 9.78 Å². The number of thiazole rings is 1. The number of carboxylic acid groups (broad SMARTS) is 1. The Morgan fingerprint density at radius 3 is 2.89 bits per heavy atom. The molecule has 0 bridgehead atoms. The summed E-state index contributed by atoms with van der Waals surface area (Å²) in [6.45, 7) is 2.59. The molecular formula is C12H11BrN2O2S. The Hall–Kier alpha value is -1.40. The number of aromatic carboxylic acids is 1. The van der Waals surface area contributed by atoms with E-state index in [9.17, 15) is 4.79 Å². The minimum absolute atomic E-state index is 0.252. The number of carbonyl (C=O) groups is 1. The van der Waals surface area contributed by atoms with Gasteiger partial charge in [0.2, 0.25) is 0 Å². The van der Waals surface area contributed by atoms with Crippen LogP contribution < -0.4 is 5.32 Å². The van der Waals surface area contributed by atoms with Gasteiger partial charge in [-0.05, 0) is 25.1 Å². The van der Waals surface area contributed by atoms with Crippen LogP contribution in [0.2, 0.25) is 0 Å². The lowest BCUT2D eigenvalue weighted by molar-refractivity contribution is 0.0697. The van der Waals surface area contributed by atoms with Crippen molar-refractivity contribution in [1.29, 1.82) is 0 Å². The molecule has 0 aliphatic heterocycles. The quantitative estimate of drug-likeness (QED) is 0.902.